The number of hydrogen-bond donors (Lipinski definition) is 0. The third kappa shape index (κ3) is 1.82. The number of rotatable bonds is 1. The summed E-state index contributed by atoms with van der Waals surface area (Å²) in [5.41, 5.74) is 1.30. The molecule has 0 amide bonds. The number of hydrogen-bond acceptors (Lipinski definition) is 2. The van der Waals surface area contributed by atoms with Gasteiger partial charge in [0.05, 0.1) is 0 Å². The van der Waals surface area contributed by atoms with E-state index in [0.29, 0.717) is 0 Å². The van der Waals surface area contributed by atoms with Gasteiger partial charge < -0.3 is 4.90 Å². The maximum absolute atomic E-state index is 4.63. The van der Waals surface area contributed by atoms with Gasteiger partial charge in [0.25, 0.3) is 0 Å². The third-order valence-corrected chi connectivity index (χ3v) is 4.09. The number of benzene rings is 1. The Morgan fingerprint density at radius 2 is 2.00 bits per heavy atom. The van der Waals surface area contributed by atoms with Crippen LogP contribution in [-0.4, -0.2) is 18.1 Å². The van der Waals surface area contributed by atoms with Gasteiger partial charge in [-0.3, -0.25) is 0 Å². The Morgan fingerprint density at radius 1 is 1.24 bits per heavy atom. The first-order chi connectivity index (χ1) is 8.27. The minimum absolute atomic E-state index is 1.08. The molecule has 1 saturated heterocycles. The van der Waals surface area contributed by atoms with Crippen LogP contribution in [-0.2, 0) is 0 Å². The largest absolute Gasteiger partial charge is 0.356 e. The molecular weight excluding hydrogens is 276 g/mol. The molecule has 1 aromatic heterocycles. The summed E-state index contributed by atoms with van der Waals surface area (Å²) in [5, 5.41) is 2.56. The van der Waals surface area contributed by atoms with E-state index >= 15 is 0 Å². The van der Waals surface area contributed by atoms with Crippen LogP contribution < -0.4 is 4.90 Å². The monoisotopic (exact) mass is 290 g/mol. The van der Waals surface area contributed by atoms with Crippen LogP contribution in [0.1, 0.15) is 18.4 Å². The van der Waals surface area contributed by atoms with Gasteiger partial charge in [0, 0.05) is 34.5 Å². The van der Waals surface area contributed by atoms with E-state index in [1.807, 2.05) is 6.20 Å². The third-order valence-electron chi connectivity index (χ3n) is 3.46. The molecule has 0 bridgehead atoms. The highest BCUT2D eigenvalue weighted by molar-refractivity contribution is 9.10. The molecule has 0 N–H and O–H groups in total. The van der Waals surface area contributed by atoms with Gasteiger partial charge in [-0.2, -0.15) is 0 Å². The molecule has 0 radical (unpaired) electrons. The van der Waals surface area contributed by atoms with Crippen LogP contribution in [0.2, 0.25) is 0 Å². The summed E-state index contributed by atoms with van der Waals surface area (Å²) in [7, 11) is 0. The van der Waals surface area contributed by atoms with Crippen molar-refractivity contribution in [3.8, 4) is 0 Å². The first-order valence-corrected chi connectivity index (χ1v) is 6.85. The Hall–Kier alpha value is -1.09. The average Bonchev–Trinajstić information content (AvgIpc) is 2.84. The summed E-state index contributed by atoms with van der Waals surface area (Å²) >= 11 is 3.59. The van der Waals surface area contributed by atoms with E-state index in [1.165, 1.54) is 29.2 Å². The normalized spacial score (nSPS) is 15.8. The summed E-state index contributed by atoms with van der Waals surface area (Å²) in [6.07, 6.45) is 4.49. The fourth-order valence-electron chi connectivity index (χ4n) is 2.58. The molecular formula is C14H15BrN2. The van der Waals surface area contributed by atoms with Gasteiger partial charge in [-0.25, -0.2) is 4.98 Å². The smallest absolute Gasteiger partial charge is 0.136 e. The Bertz CT molecular complexity index is 559. The molecule has 1 aromatic carbocycles. The average molecular weight is 291 g/mol. The first kappa shape index (κ1) is 11.0. The van der Waals surface area contributed by atoms with Crippen molar-refractivity contribution in [1.29, 1.82) is 0 Å². The highest BCUT2D eigenvalue weighted by atomic mass is 79.9. The molecule has 3 rings (SSSR count). The molecule has 1 aliphatic rings. The topological polar surface area (TPSA) is 16.1 Å². The fourth-order valence-corrected chi connectivity index (χ4v) is 3.02. The van der Waals surface area contributed by atoms with Crippen LogP contribution >= 0.6 is 15.9 Å². The second kappa shape index (κ2) is 4.30. The number of pyridine rings is 1. The van der Waals surface area contributed by atoms with E-state index in [-0.39, 0.29) is 0 Å². The molecule has 0 atom stereocenters. The van der Waals surface area contributed by atoms with Gasteiger partial charge in [0.1, 0.15) is 5.82 Å². The second-order valence-corrected chi connectivity index (χ2v) is 5.48. The van der Waals surface area contributed by atoms with Crippen LogP contribution in [0.15, 0.2) is 28.9 Å². The highest BCUT2D eigenvalue weighted by Crippen LogP contribution is 2.33. The van der Waals surface area contributed by atoms with Crippen molar-refractivity contribution in [3.05, 3.63) is 34.4 Å². The number of fused-ring (bicyclic) bond motifs is 1. The lowest BCUT2D eigenvalue weighted by Crippen LogP contribution is -2.19. The maximum atomic E-state index is 4.63. The van der Waals surface area contributed by atoms with Crippen molar-refractivity contribution < 1.29 is 0 Å². The molecule has 17 heavy (non-hydrogen) atoms. The van der Waals surface area contributed by atoms with Crippen LogP contribution in [0.3, 0.4) is 0 Å². The highest BCUT2D eigenvalue weighted by Gasteiger charge is 2.17. The van der Waals surface area contributed by atoms with Crippen LogP contribution in [0.5, 0.6) is 0 Å². The summed E-state index contributed by atoms with van der Waals surface area (Å²) in [6, 6.07) is 6.43. The van der Waals surface area contributed by atoms with Crippen LogP contribution in [0, 0.1) is 6.92 Å². The predicted molar refractivity (Wildman–Crippen MR) is 75.6 cm³/mol. The summed E-state index contributed by atoms with van der Waals surface area (Å²) < 4.78 is 1.08. The van der Waals surface area contributed by atoms with Gasteiger partial charge in [-0.05, 0) is 41.3 Å². The molecule has 1 aliphatic heterocycles. The maximum Gasteiger partial charge on any atom is 0.136 e. The van der Waals surface area contributed by atoms with Crippen molar-refractivity contribution in [2.45, 2.75) is 19.8 Å². The molecule has 2 aromatic rings. The summed E-state index contributed by atoms with van der Waals surface area (Å²) in [4.78, 5) is 7.03. The molecule has 3 heteroatoms. The molecule has 0 saturated carbocycles. The van der Waals surface area contributed by atoms with Crippen molar-refractivity contribution >= 4 is 32.5 Å². The lowest BCUT2D eigenvalue weighted by molar-refractivity contribution is 0.944. The van der Waals surface area contributed by atoms with E-state index in [0.717, 1.165) is 23.4 Å². The quantitative estimate of drug-likeness (QED) is 0.792. The van der Waals surface area contributed by atoms with Crippen molar-refractivity contribution in [1.82, 2.24) is 4.98 Å². The van der Waals surface area contributed by atoms with Crippen molar-refractivity contribution in [2.75, 3.05) is 18.0 Å². The lowest BCUT2D eigenvalue weighted by atomic mass is 10.1. The van der Waals surface area contributed by atoms with E-state index in [9.17, 15) is 0 Å². The Morgan fingerprint density at radius 3 is 2.76 bits per heavy atom. The zero-order valence-electron chi connectivity index (χ0n) is 9.91. The SMILES string of the molecule is Cc1cccc2c(Br)cnc(N3CCCC3)c12. The van der Waals surface area contributed by atoms with E-state index < -0.39 is 0 Å². The number of halogens is 1. The number of aromatic nitrogens is 1. The number of aryl methyl sites for hydroxylation is 1. The van der Waals surface area contributed by atoms with E-state index in [4.69, 9.17) is 0 Å². The van der Waals surface area contributed by atoms with Gasteiger partial charge in [0.2, 0.25) is 0 Å². The van der Waals surface area contributed by atoms with Crippen molar-refractivity contribution in [2.24, 2.45) is 0 Å². The second-order valence-electron chi connectivity index (χ2n) is 4.62. The van der Waals surface area contributed by atoms with Crippen molar-refractivity contribution in [3.63, 3.8) is 0 Å². The van der Waals surface area contributed by atoms with Crippen LogP contribution in [0.4, 0.5) is 5.82 Å². The number of nitrogens with zero attached hydrogens (tertiary/aromatic N) is 2. The fraction of sp³-hybridized carbons (Fsp3) is 0.357. The molecule has 1 fully saturated rings. The lowest BCUT2D eigenvalue weighted by Gasteiger charge is -2.20. The number of anilines is 1. The van der Waals surface area contributed by atoms with Gasteiger partial charge in [0.15, 0.2) is 0 Å². The van der Waals surface area contributed by atoms with Gasteiger partial charge in [-0.1, -0.05) is 18.2 Å². The molecule has 88 valence electrons. The van der Waals surface area contributed by atoms with E-state index in [1.54, 1.807) is 0 Å². The Balaban J connectivity index is 2.27. The minimum Gasteiger partial charge on any atom is -0.356 e. The molecule has 0 aliphatic carbocycles. The van der Waals surface area contributed by atoms with Gasteiger partial charge in [-0.15, -0.1) is 0 Å². The minimum atomic E-state index is 1.08. The molecule has 2 heterocycles. The molecule has 2 nitrogen and oxygen atoms in total. The standard InChI is InChI=1S/C14H15BrN2/c1-10-5-4-6-11-12(15)9-16-14(13(10)11)17-7-2-3-8-17/h4-6,9H,2-3,7-8H2,1H3. The zero-order valence-corrected chi connectivity index (χ0v) is 11.5. The summed E-state index contributed by atoms with van der Waals surface area (Å²) in [6.45, 7) is 4.44. The van der Waals surface area contributed by atoms with Gasteiger partial charge >= 0.3 is 0 Å². The van der Waals surface area contributed by atoms with Crippen LogP contribution in [0.25, 0.3) is 10.8 Å². The molecule has 0 unspecified atom stereocenters. The Labute approximate surface area is 110 Å². The first-order valence-electron chi connectivity index (χ1n) is 6.06. The van der Waals surface area contributed by atoms with E-state index in [2.05, 4.69) is 50.9 Å². The Kier molecular flexibility index (Phi) is 2.79. The predicted octanol–water partition coefficient (Wildman–Crippen LogP) is 3.91. The summed E-state index contributed by atoms with van der Waals surface area (Å²) in [5.74, 6) is 1.15. The molecule has 0 spiro atoms. The zero-order chi connectivity index (χ0) is 11.8.